The quantitative estimate of drug-likeness (QED) is 0.334. The summed E-state index contributed by atoms with van der Waals surface area (Å²) in [6, 6.07) is 8.93. The Bertz CT molecular complexity index is 1330. The lowest BCUT2D eigenvalue weighted by molar-refractivity contribution is -0.136. The van der Waals surface area contributed by atoms with E-state index in [9.17, 15) is 17.6 Å². The van der Waals surface area contributed by atoms with Crippen LogP contribution in [0, 0.1) is 5.82 Å². The number of halogens is 5. The minimum Gasteiger partial charge on any atom is -0.472 e. The Hall–Kier alpha value is -3.10. The van der Waals surface area contributed by atoms with E-state index in [4.69, 9.17) is 16.0 Å². The maximum absolute atomic E-state index is 13.8. The molecule has 0 aliphatic carbocycles. The molecule has 3 aromatic heterocycles. The van der Waals surface area contributed by atoms with Crippen LogP contribution in [0.5, 0.6) is 0 Å². The normalized spacial score (nSPS) is 15.0. The van der Waals surface area contributed by atoms with Gasteiger partial charge in [-0.25, -0.2) is 9.37 Å². The molecule has 4 nitrogen and oxygen atoms in total. The topological polar surface area (TPSA) is 33.7 Å². The first-order chi connectivity index (χ1) is 15.3. The summed E-state index contributed by atoms with van der Waals surface area (Å²) in [6.07, 6.45) is 1.65. The molecule has 0 fully saturated rings. The largest absolute Gasteiger partial charge is 0.472 e. The molecule has 4 heterocycles. The predicted octanol–water partition coefficient (Wildman–Crippen LogP) is 6.30. The third-order valence-corrected chi connectivity index (χ3v) is 5.85. The maximum Gasteiger partial charge on any atom is 0.420 e. The molecule has 0 saturated heterocycles. The summed E-state index contributed by atoms with van der Waals surface area (Å²) < 4.78 is 61.2. The minimum atomic E-state index is -4.60. The highest BCUT2D eigenvalue weighted by Gasteiger charge is 2.35. The van der Waals surface area contributed by atoms with Gasteiger partial charge >= 0.3 is 6.18 Å². The molecule has 0 radical (unpaired) electrons. The minimum absolute atomic E-state index is 0.120. The van der Waals surface area contributed by atoms with E-state index in [2.05, 4.69) is 4.98 Å². The Morgan fingerprint density at radius 2 is 1.94 bits per heavy atom. The van der Waals surface area contributed by atoms with E-state index in [0.717, 1.165) is 17.2 Å². The Morgan fingerprint density at radius 1 is 1.09 bits per heavy atom. The van der Waals surface area contributed by atoms with Crippen molar-refractivity contribution >= 4 is 22.8 Å². The number of aromatic nitrogens is 2. The number of pyridine rings is 1. The van der Waals surface area contributed by atoms with E-state index < -0.39 is 11.7 Å². The molecule has 0 spiro atoms. The van der Waals surface area contributed by atoms with Crippen LogP contribution in [0.15, 0.2) is 65.6 Å². The molecule has 1 aromatic carbocycles. The van der Waals surface area contributed by atoms with Crippen molar-refractivity contribution in [3.8, 4) is 11.1 Å². The van der Waals surface area contributed by atoms with Gasteiger partial charge in [0.25, 0.3) is 0 Å². The molecule has 0 bridgehead atoms. The third-order valence-electron chi connectivity index (χ3n) is 5.45. The van der Waals surface area contributed by atoms with Crippen molar-refractivity contribution in [2.45, 2.75) is 12.7 Å². The van der Waals surface area contributed by atoms with Gasteiger partial charge in [0.15, 0.2) is 5.65 Å². The van der Waals surface area contributed by atoms with Crippen molar-refractivity contribution < 1.29 is 22.0 Å². The number of rotatable bonds is 4. The van der Waals surface area contributed by atoms with Crippen LogP contribution in [0.25, 0.3) is 22.3 Å². The predicted molar refractivity (Wildman–Crippen MR) is 113 cm³/mol. The summed E-state index contributed by atoms with van der Waals surface area (Å²) in [5, 5.41) is 0.120. The molecule has 9 heteroatoms. The van der Waals surface area contributed by atoms with Crippen molar-refractivity contribution in [3.63, 3.8) is 0 Å². The van der Waals surface area contributed by atoms with Crippen LogP contribution in [0.3, 0.4) is 0 Å². The highest BCUT2D eigenvalue weighted by atomic mass is 35.5. The molecule has 0 unspecified atom stereocenters. The smallest absolute Gasteiger partial charge is 0.420 e. The van der Waals surface area contributed by atoms with Crippen LogP contribution in [0.2, 0.25) is 5.15 Å². The Morgan fingerprint density at radius 3 is 2.66 bits per heavy atom. The van der Waals surface area contributed by atoms with Crippen molar-refractivity contribution in [3.05, 3.63) is 89.0 Å². The second-order valence-corrected chi connectivity index (χ2v) is 7.96. The summed E-state index contributed by atoms with van der Waals surface area (Å²) in [5.41, 5.74) is 1.77. The summed E-state index contributed by atoms with van der Waals surface area (Å²) in [5.74, 6) is -0.321. The molecule has 1 aliphatic heterocycles. The van der Waals surface area contributed by atoms with Gasteiger partial charge in [0.2, 0.25) is 0 Å². The lowest BCUT2D eigenvalue weighted by Crippen LogP contribution is -2.20. The first-order valence-electron chi connectivity index (χ1n) is 9.77. The molecule has 0 saturated carbocycles. The first-order valence-corrected chi connectivity index (χ1v) is 10.1. The van der Waals surface area contributed by atoms with E-state index in [-0.39, 0.29) is 23.2 Å². The van der Waals surface area contributed by atoms with Crippen LogP contribution < -0.4 is 0 Å². The molecule has 0 atom stereocenters. The van der Waals surface area contributed by atoms with E-state index in [0.29, 0.717) is 29.9 Å². The van der Waals surface area contributed by atoms with Gasteiger partial charge in [-0.1, -0.05) is 29.8 Å². The summed E-state index contributed by atoms with van der Waals surface area (Å²) in [7, 11) is 0. The fourth-order valence-corrected chi connectivity index (χ4v) is 4.13. The number of alkyl halides is 3. The van der Waals surface area contributed by atoms with Gasteiger partial charge in [-0.2, -0.15) is 13.2 Å². The van der Waals surface area contributed by atoms with Gasteiger partial charge < -0.3 is 4.42 Å². The summed E-state index contributed by atoms with van der Waals surface area (Å²) >= 11 is 6.48. The Balaban J connectivity index is 1.47. The van der Waals surface area contributed by atoms with E-state index in [1.54, 1.807) is 12.1 Å². The fourth-order valence-electron chi connectivity index (χ4n) is 3.90. The number of hydrogen-bond donors (Lipinski definition) is 0. The second-order valence-electron chi connectivity index (χ2n) is 7.60. The number of benzene rings is 1. The van der Waals surface area contributed by atoms with Gasteiger partial charge in [0.1, 0.15) is 11.0 Å². The molecular weight excluding hydrogens is 446 g/mol. The van der Waals surface area contributed by atoms with Crippen molar-refractivity contribution in [2.24, 2.45) is 0 Å². The van der Waals surface area contributed by atoms with Crippen LogP contribution in [-0.2, 0) is 12.7 Å². The highest BCUT2D eigenvalue weighted by Crippen LogP contribution is 2.37. The number of nitrogens with zero attached hydrogens (tertiary/aromatic N) is 3. The fraction of sp³-hybridized carbons (Fsp3) is 0.174. The zero-order valence-electron chi connectivity index (χ0n) is 16.5. The lowest BCUT2D eigenvalue weighted by Gasteiger charge is -2.14. The Kier molecular flexibility index (Phi) is 5.06. The maximum atomic E-state index is 13.8. The van der Waals surface area contributed by atoms with Crippen LogP contribution in [-0.4, -0.2) is 27.4 Å². The molecule has 32 heavy (non-hydrogen) atoms. The second kappa shape index (κ2) is 7.79. The van der Waals surface area contributed by atoms with E-state index >= 15 is 0 Å². The van der Waals surface area contributed by atoms with Crippen molar-refractivity contribution in [2.75, 3.05) is 13.1 Å². The van der Waals surface area contributed by atoms with Gasteiger partial charge in [-0.3, -0.25) is 9.30 Å². The van der Waals surface area contributed by atoms with Gasteiger partial charge in [-0.05, 0) is 35.4 Å². The number of fused-ring (bicyclic) bond motifs is 1. The molecule has 0 N–H and O–H groups in total. The average molecular weight is 462 g/mol. The highest BCUT2D eigenvalue weighted by molar-refractivity contribution is 6.30. The van der Waals surface area contributed by atoms with Gasteiger partial charge in [-0.15, -0.1) is 0 Å². The third kappa shape index (κ3) is 3.80. The van der Waals surface area contributed by atoms with E-state index in [1.807, 2.05) is 17.0 Å². The Labute approximate surface area is 185 Å². The molecule has 1 aliphatic rings. The SMILES string of the molecule is Fc1cccc(C2=CCN(Cc3nc4c(C(F)(F)F)cc(-c5ccoc5)cn4c3Cl)C2)c1. The molecule has 5 rings (SSSR count). The molecule has 4 aromatic rings. The first kappa shape index (κ1) is 20.8. The molecular formula is C23H16ClF4N3O. The number of furan rings is 1. The zero-order valence-corrected chi connectivity index (χ0v) is 17.3. The summed E-state index contributed by atoms with van der Waals surface area (Å²) in [6.45, 7) is 1.33. The zero-order chi connectivity index (χ0) is 22.5. The average Bonchev–Trinajstić information content (AvgIpc) is 3.49. The molecule has 0 amide bonds. The van der Waals surface area contributed by atoms with E-state index in [1.165, 1.54) is 35.3 Å². The standard InChI is InChI=1S/C23H16ClF4N3O/c24-21-20(12-30-6-4-15(10-30)14-2-1-3-18(25)8-14)29-22-19(23(26,27)28)9-17(11-31(21)22)16-5-7-32-13-16/h1-5,7-9,11,13H,6,10,12H2. The van der Waals surface area contributed by atoms with Crippen molar-refractivity contribution in [1.82, 2.24) is 14.3 Å². The van der Waals surface area contributed by atoms with Crippen molar-refractivity contribution in [1.29, 1.82) is 0 Å². The van der Waals surface area contributed by atoms with Gasteiger partial charge in [0, 0.05) is 37.0 Å². The molecule has 164 valence electrons. The van der Waals surface area contributed by atoms with Gasteiger partial charge in [0.05, 0.1) is 23.8 Å². The lowest BCUT2D eigenvalue weighted by atomic mass is 10.1. The summed E-state index contributed by atoms with van der Waals surface area (Å²) in [4.78, 5) is 6.22. The van der Waals surface area contributed by atoms with Crippen LogP contribution >= 0.6 is 11.6 Å². The van der Waals surface area contributed by atoms with Crippen LogP contribution in [0.4, 0.5) is 17.6 Å². The monoisotopic (exact) mass is 461 g/mol. The number of imidazole rings is 1. The van der Waals surface area contributed by atoms with Crippen LogP contribution in [0.1, 0.15) is 16.8 Å². The number of hydrogen-bond acceptors (Lipinski definition) is 3.